The topological polar surface area (TPSA) is 85.6 Å². The highest BCUT2D eigenvalue weighted by atomic mass is 16.5. The van der Waals surface area contributed by atoms with Crippen LogP contribution >= 0.6 is 0 Å². The lowest BCUT2D eigenvalue weighted by atomic mass is 10.1. The third kappa shape index (κ3) is 4.56. The second-order valence-electron chi connectivity index (χ2n) is 7.99. The number of pyridine rings is 3. The molecule has 5 heterocycles. The lowest BCUT2D eigenvalue weighted by Gasteiger charge is -2.24. The molecule has 0 aromatic carbocycles. The van der Waals surface area contributed by atoms with Crippen LogP contribution < -0.4 is 15.4 Å². The average molecular weight is 431 g/mol. The minimum absolute atomic E-state index is 0.0410. The summed E-state index contributed by atoms with van der Waals surface area (Å²) in [5, 5.41) is 11.2. The monoisotopic (exact) mass is 430 g/mol. The first-order valence-corrected chi connectivity index (χ1v) is 10.8. The van der Waals surface area contributed by atoms with Gasteiger partial charge in [0.05, 0.1) is 18.3 Å². The van der Waals surface area contributed by atoms with E-state index in [1.54, 1.807) is 6.20 Å². The lowest BCUT2D eigenvalue weighted by Crippen LogP contribution is -2.41. The number of morpholine rings is 1. The van der Waals surface area contributed by atoms with Crippen molar-refractivity contribution in [2.45, 2.75) is 20.0 Å². The summed E-state index contributed by atoms with van der Waals surface area (Å²) in [6, 6.07) is 12.1. The standard InChI is InChI=1S/C24H26N6O2/c1-16-3-4-23(27-12-16)28-24-11-19-10-18(5-7-30(19)29-24)21-9-17(2)26-14-22(21)32-15-20-13-25-6-8-31-20/h3-5,7,9-12,14,20,25H,6,8,13,15H2,1-2H3,(H,27,28,29)/t20-/m0/s1. The number of fused-ring (bicyclic) bond motifs is 1. The van der Waals surface area contributed by atoms with Gasteiger partial charge < -0.3 is 20.1 Å². The van der Waals surface area contributed by atoms with E-state index < -0.39 is 0 Å². The van der Waals surface area contributed by atoms with E-state index in [1.807, 2.05) is 61.1 Å². The van der Waals surface area contributed by atoms with Gasteiger partial charge in [0.1, 0.15) is 24.3 Å². The van der Waals surface area contributed by atoms with Gasteiger partial charge in [0.15, 0.2) is 5.82 Å². The van der Waals surface area contributed by atoms with Crippen LogP contribution in [0.5, 0.6) is 5.75 Å². The number of hydrogen-bond acceptors (Lipinski definition) is 7. The molecule has 1 saturated heterocycles. The second-order valence-corrected chi connectivity index (χ2v) is 7.99. The Balaban J connectivity index is 1.40. The van der Waals surface area contributed by atoms with Crippen LogP contribution in [0, 0.1) is 13.8 Å². The van der Waals surface area contributed by atoms with E-state index in [9.17, 15) is 0 Å². The maximum absolute atomic E-state index is 6.12. The van der Waals surface area contributed by atoms with Crippen LogP contribution in [0.15, 0.2) is 55.0 Å². The summed E-state index contributed by atoms with van der Waals surface area (Å²) in [6.07, 6.45) is 5.61. The largest absolute Gasteiger partial charge is 0.489 e. The first-order valence-electron chi connectivity index (χ1n) is 10.8. The third-order valence-electron chi connectivity index (χ3n) is 5.38. The molecule has 0 aliphatic carbocycles. The summed E-state index contributed by atoms with van der Waals surface area (Å²) in [6.45, 7) is 6.87. The molecule has 8 heteroatoms. The molecule has 1 fully saturated rings. The van der Waals surface area contributed by atoms with Gasteiger partial charge in [-0.25, -0.2) is 9.50 Å². The Hall–Kier alpha value is -3.49. The van der Waals surface area contributed by atoms with E-state index in [1.165, 1.54) is 0 Å². The molecule has 1 aliphatic heterocycles. The highest BCUT2D eigenvalue weighted by Gasteiger charge is 2.16. The maximum Gasteiger partial charge on any atom is 0.154 e. The van der Waals surface area contributed by atoms with Crippen molar-refractivity contribution in [3.8, 4) is 16.9 Å². The van der Waals surface area contributed by atoms with Crippen LogP contribution in [0.2, 0.25) is 0 Å². The fraction of sp³-hybridized carbons (Fsp3) is 0.292. The predicted molar refractivity (Wildman–Crippen MR) is 124 cm³/mol. The SMILES string of the molecule is Cc1ccc(Nc2cc3cc(-c4cc(C)ncc4OC[C@@H]4CNCCO4)ccn3n2)nc1. The van der Waals surface area contributed by atoms with Gasteiger partial charge in [-0.1, -0.05) is 6.07 Å². The van der Waals surface area contributed by atoms with Gasteiger partial charge in [-0.3, -0.25) is 4.98 Å². The van der Waals surface area contributed by atoms with Crippen LogP contribution in [-0.2, 0) is 4.74 Å². The summed E-state index contributed by atoms with van der Waals surface area (Å²) in [7, 11) is 0. The van der Waals surface area contributed by atoms with Crippen LogP contribution in [0.4, 0.5) is 11.6 Å². The predicted octanol–water partition coefficient (Wildman–Crippen LogP) is 3.52. The Bertz CT molecular complexity index is 1220. The minimum Gasteiger partial charge on any atom is -0.489 e. The van der Waals surface area contributed by atoms with Crippen LogP contribution in [0.25, 0.3) is 16.6 Å². The number of aryl methyl sites for hydroxylation is 2. The van der Waals surface area contributed by atoms with Crippen molar-refractivity contribution < 1.29 is 9.47 Å². The van der Waals surface area contributed by atoms with E-state index in [-0.39, 0.29) is 6.10 Å². The van der Waals surface area contributed by atoms with Crippen molar-refractivity contribution in [1.29, 1.82) is 0 Å². The number of ether oxygens (including phenoxy) is 2. The Morgan fingerprint density at radius 2 is 2.06 bits per heavy atom. The molecule has 1 aliphatic rings. The number of hydrogen-bond donors (Lipinski definition) is 2. The number of nitrogens with zero attached hydrogens (tertiary/aromatic N) is 4. The van der Waals surface area contributed by atoms with E-state index in [0.717, 1.165) is 58.4 Å². The van der Waals surface area contributed by atoms with E-state index in [2.05, 4.69) is 31.8 Å². The summed E-state index contributed by atoms with van der Waals surface area (Å²) >= 11 is 0. The molecule has 0 saturated carbocycles. The molecule has 2 N–H and O–H groups in total. The number of aromatic nitrogens is 4. The zero-order valence-corrected chi connectivity index (χ0v) is 18.2. The Labute approximate surface area is 186 Å². The van der Waals surface area contributed by atoms with Gasteiger partial charge in [-0.05, 0) is 49.2 Å². The normalized spacial score (nSPS) is 16.2. The summed E-state index contributed by atoms with van der Waals surface area (Å²) in [5.41, 5.74) is 5.06. The van der Waals surface area contributed by atoms with Crippen molar-refractivity contribution in [3.05, 3.63) is 66.2 Å². The molecule has 8 nitrogen and oxygen atoms in total. The lowest BCUT2D eigenvalue weighted by molar-refractivity contribution is 0.000245. The zero-order chi connectivity index (χ0) is 21.9. The first-order chi connectivity index (χ1) is 15.6. The fourth-order valence-electron chi connectivity index (χ4n) is 3.69. The van der Waals surface area contributed by atoms with Crippen molar-refractivity contribution in [2.24, 2.45) is 0 Å². The molecule has 164 valence electrons. The Morgan fingerprint density at radius 1 is 1.12 bits per heavy atom. The molecule has 0 bridgehead atoms. The number of rotatable bonds is 6. The van der Waals surface area contributed by atoms with Crippen molar-refractivity contribution in [2.75, 3.05) is 31.6 Å². The molecular formula is C24H26N6O2. The van der Waals surface area contributed by atoms with Gasteiger partial charge in [-0.15, -0.1) is 0 Å². The van der Waals surface area contributed by atoms with Gasteiger partial charge >= 0.3 is 0 Å². The van der Waals surface area contributed by atoms with Crippen molar-refractivity contribution in [1.82, 2.24) is 24.9 Å². The Kier molecular flexibility index (Phi) is 5.70. The first kappa shape index (κ1) is 20.4. The van der Waals surface area contributed by atoms with Crippen LogP contribution in [0.3, 0.4) is 0 Å². The second kappa shape index (κ2) is 8.94. The number of nitrogens with one attached hydrogen (secondary N) is 2. The highest BCUT2D eigenvalue weighted by molar-refractivity contribution is 5.75. The molecule has 1 atom stereocenters. The summed E-state index contributed by atoms with van der Waals surface area (Å²) in [5.74, 6) is 2.25. The van der Waals surface area contributed by atoms with Gasteiger partial charge in [0.25, 0.3) is 0 Å². The maximum atomic E-state index is 6.12. The summed E-state index contributed by atoms with van der Waals surface area (Å²) in [4.78, 5) is 8.82. The van der Waals surface area contributed by atoms with Gasteiger partial charge in [-0.2, -0.15) is 5.10 Å². The number of anilines is 2. The minimum atomic E-state index is 0.0410. The van der Waals surface area contributed by atoms with Crippen LogP contribution in [-0.4, -0.2) is 52.0 Å². The van der Waals surface area contributed by atoms with Crippen LogP contribution in [0.1, 0.15) is 11.3 Å². The van der Waals surface area contributed by atoms with Gasteiger partial charge in [0, 0.05) is 42.8 Å². The van der Waals surface area contributed by atoms with Crippen molar-refractivity contribution in [3.63, 3.8) is 0 Å². The molecule has 0 unspecified atom stereocenters. The Morgan fingerprint density at radius 3 is 2.88 bits per heavy atom. The molecule has 0 amide bonds. The average Bonchev–Trinajstić information content (AvgIpc) is 3.22. The molecule has 4 aromatic rings. The summed E-state index contributed by atoms with van der Waals surface area (Å²) < 4.78 is 13.7. The van der Waals surface area contributed by atoms with E-state index in [0.29, 0.717) is 13.2 Å². The smallest absolute Gasteiger partial charge is 0.154 e. The highest BCUT2D eigenvalue weighted by Crippen LogP contribution is 2.31. The van der Waals surface area contributed by atoms with E-state index >= 15 is 0 Å². The fourth-order valence-corrected chi connectivity index (χ4v) is 3.69. The quantitative estimate of drug-likeness (QED) is 0.484. The molecule has 5 rings (SSSR count). The molecule has 32 heavy (non-hydrogen) atoms. The van der Waals surface area contributed by atoms with Gasteiger partial charge in [0.2, 0.25) is 0 Å². The molecular weight excluding hydrogens is 404 g/mol. The molecule has 0 radical (unpaired) electrons. The molecule has 0 spiro atoms. The molecule has 4 aromatic heterocycles. The third-order valence-corrected chi connectivity index (χ3v) is 5.38. The zero-order valence-electron chi connectivity index (χ0n) is 18.2. The van der Waals surface area contributed by atoms with E-state index in [4.69, 9.17) is 9.47 Å². The van der Waals surface area contributed by atoms with Crippen molar-refractivity contribution >= 4 is 17.2 Å².